The number of sulfonamides is 1. The lowest BCUT2D eigenvalue weighted by atomic mass is 10.1. The van der Waals surface area contributed by atoms with Crippen LogP contribution in [0.25, 0.3) is 0 Å². The molecule has 0 saturated heterocycles. The summed E-state index contributed by atoms with van der Waals surface area (Å²) in [5, 5.41) is 2.49. The Labute approximate surface area is 160 Å². The van der Waals surface area contributed by atoms with Crippen molar-refractivity contribution in [3.8, 4) is 0 Å². The Kier molecular flexibility index (Phi) is 6.96. The molecule has 2 aromatic rings. The van der Waals surface area contributed by atoms with E-state index in [1.807, 2.05) is 4.72 Å². The second-order valence-electron chi connectivity index (χ2n) is 5.62. The Balaban J connectivity index is 1.87. The van der Waals surface area contributed by atoms with Crippen molar-refractivity contribution in [2.24, 2.45) is 0 Å². The first-order valence-corrected chi connectivity index (χ1v) is 9.47. The highest BCUT2D eigenvalue weighted by Crippen LogP contribution is 2.13. The maximum absolute atomic E-state index is 13.1. The lowest BCUT2D eigenvalue weighted by Gasteiger charge is -2.08. The van der Waals surface area contributed by atoms with Gasteiger partial charge in [-0.2, -0.15) is 4.72 Å². The molecule has 0 aromatic heterocycles. The molecule has 0 radical (unpaired) electrons. The van der Waals surface area contributed by atoms with Gasteiger partial charge in [-0.25, -0.2) is 12.8 Å². The number of nitrogens with one attached hydrogen (secondary N) is 2. The van der Waals surface area contributed by atoms with E-state index < -0.39 is 40.7 Å². The van der Waals surface area contributed by atoms with Gasteiger partial charge >= 0.3 is 5.97 Å². The zero-order valence-electron chi connectivity index (χ0n) is 14.8. The summed E-state index contributed by atoms with van der Waals surface area (Å²) >= 11 is 0. The summed E-state index contributed by atoms with van der Waals surface area (Å²) in [5.41, 5.74) is 0.453. The van der Waals surface area contributed by atoms with Crippen LogP contribution in [-0.4, -0.2) is 39.2 Å². The summed E-state index contributed by atoms with van der Waals surface area (Å²) in [6.45, 7) is -0.0154. The van der Waals surface area contributed by atoms with E-state index in [9.17, 15) is 27.2 Å². The van der Waals surface area contributed by atoms with E-state index in [0.717, 1.165) is 6.07 Å². The highest BCUT2D eigenvalue weighted by atomic mass is 32.2. The second-order valence-corrected chi connectivity index (χ2v) is 7.39. The number of amides is 1. The Morgan fingerprint density at radius 1 is 1.07 bits per heavy atom. The van der Waals surface area contributed by atoms with E-state index in [0.29, 0.717) is 5.69 Å². The average molecular weight is 408 g/mol. The normalized spacial score (nSPS) is 10.9. The highest BCUT2D eigenvalue weighted by Gasteiger charge is 2.17. The van der Waals surface area contributed by atoms with Crippen molar-refractivity contribution < 1.29 is 31.9 Å². The van der Waals surface area contributed by atoms with Crippen molar-refractivity contribution in [2.45, 2.75) is 11.8 Å². The van der Waals surface area contributed by atoms with E-state index in [-0.39, 0.29) is 16.4 Å². The molecule has 28 heavy (non-hydrogen) atoms. The van der Waals surface area contributed by atoms with E-state index in [2.05, 4.69) is 5.32 Å². The van der Waals surface area contributed by atoms with Gasteiger partial charge in [0.2, 0.25) is 15.9 Å². The number of ether oxygens (including phenoxy) is 1. The molecule has 0 saturated carbocycles. The number of anilines is 1. The minimum absolute atomic E-state index is 0.0349. The molecular formula is C18H17FN2O6S. The molecule has 148 valence electrons. The molecule has 0 atom stereocenters. The minimum Gasteiger partial charge on any atom is -0.456 e. The van der Waals surface area contributed by atoms with Gasteiger partial charge in [0.15, 0.2) is 12.4 Å². The molecule has 0 aliphatic rings. The molecule has 0 unspecified atom stereocenters. The van der Waals surface area contributed by atoms with Gasteiger partial charge in [-0.3, -0.25) is 14.4 Å². The van der Waals surface area contributed by atoms with Gasteiger partial charge in [-0.15, -0.1) is 0 Å². The fourth-order valence-electron chi connectivity index (χ4n) is 2.10. The van der Waals surface area contributed by atoms with Gasteiger partial charge in [-0.05, 0) is 36.4 Å². The first-order valence-electron chi connectivity index (χ1n) is 7.99. The van der Waals surface area contributed by atoms with Crippen LogP contribution in [0.1, 0.15) is 17.3 Å². The van der Waals surface area contributed by atoms with E-state index in [1.165, 1.54) is 49.4 Å². The van der Waals surface area contributed by atoms with Gasteiger partial charge in [0.05, 0.1) is 4.90 Å². The van der Waals surface area contributed by atoms with Crippen molar-refractivity contribution in [2.75, 3.05) is 18.5 Å². The van der Waals surface area contributed by atoms with Crippen LogP contribution in [0.4, 0.5) is 10.1 Å². The maximum Gasteiger partial charge on any atom is 0.321 e. The van der Waals surface area contributed by atoms with Crippen molar-refractivity contribution in [3.63, 3.8) is 0 Å². The van der Waals surface area contributed by atoms with Gasteiger partial charge in [0, 0.05) is 18.2 Å². The fourth-order valence-corrected chi connectivity index (χ4v) is 3.07. The molecule has 0 aliphatic carbocycles. The lowest BCUT2D eigenvalue weighted by molar-refractivity contribution is -0.141. The topological polar surface area (TPSA) is 119 Å². The largest absolute Gasteiger partial charge is 0.456 e. The van der Waals surface area contributed by atoms with E-state index >= 15 is 0 Å². The summed E-state index contributed by atoms with van der Waals surface area (Å²) in [6, 6.07) is 10.2. The molecule has 0 aliphatic heterocycles. The third-order valence-corrected chi connectivity index (χ3v) is 4.82. The Hall–Kier alpha value is -3.11. The minimum atomic E-state index is -3.99. The average Bonchev–Trinajstić information content (AvgIpc) is 2.64. The number of ketones is 1. The monoisotopic (exact) mass is 408 g/mol. The number of benzene rings is 2. The Morgan fingerprint density at radius 2 is 1.75 bits per heavy atom. The zero-order chi connectivity index (χ0) is 20.7. The number of halogens is 1. The van der Waals surface area contributed by atoms with Crippen LogP contribution in [0, 0.1) is 5.82 Å². The summed E-state index contributed by atoms with van der Waals surface area (Å²) in [5.74, 6) is -2.49. The summed E-state index contributed by atoms with van der Waals surface area (Å²) in [6.07, 6.45) is 0. The number of hydrogen-bond acceptors (Lipinski definition) is 6. The van der Waals surface area contributed by atoms with Gasteiger partial charge in [-0.1, -0.05) is 12.1 Å². The molecule has 2 N–H and O–H groups in total. The van der Waals surface area contributed by atoms with Crippen molar-refractivity contribution in [1.82, 2.24) is 4.72 Å². The van der Waals surface area contributed by atoms with Crippen LogP contribution < -0.4 is 10.0 Å². The number of esters is 1. The molecule has 1 amide bonds. The molecule has 2 rings (SSSR count). The predicted octanol–water partition coefficient (Wildman–Crippen LogP) is 1.49. The third kappa shape index (κ3) is 6.25. The molecule has 10 heteroatoms. The van der Waals surface area contributed by atoms with Crippen molar-refractivity contribution >= 4 is 33.4 Å². The van der Waals surface area contributed by atoms with E-state index in [4.69, 9.17) is 4.74 Å². The van der Waals surface area contributed by atoms with Crippen LogP contribution in [0.3, 0.4) is 0 Å². The first-order chi connectivity index (χ1) is 13.2. The molecule has 8 nitrogen and oxygen atoms in total. The van der Waals surface area contributed by atoms with Crippen LogP contribution in [0.5, 0.6) is 0 Å². The van der Waals surface area contributed by atoms with Crippen LogP contribution in [0.15, 0.2) is 53.4 Å². The van der Waals surface area contributed by atoms with Crippen LogP contribution >= 0.6 is 0 Å². The summed E-state index contributed by atoms with van der Waals surface area (Å²) < 4.78 is 44.1. The zero-order valence-corrected chi connectivity index (χ0v) is 15.6. The maximum atomic E-state index is 13.1. The molecule has 0 spiro atoms. The number of hydrogen-bond donors (Lipinski definition) is 2. The molecular weight excluding hydrogens is 391 g/mol. The van der Waals surface area contributed by atoms with Crippen molar-refractivity contribution in [1.29, 1.82) is 0 Å². The van der Waals surface area contributed by atoms with Crippen molar-refractivity contribution in [3.05, 3.63) is 59.9 Å². The van der Waals surface area contributed by atoms with Crippen LogP contribution in [0.2, 0.25) is 0 Å². The third-order valence-electron chi connectivity index (χ3n) is 3.40. The second kappa shape index (κ2) is 9.20. The fraction of sp³-hybridized carbons (Fsp3) is 0.167. The number of carbonyl (C=O) groups is 3. The Morgan fingerprint density at radius 3 is 2.36 bits per heavy atom. The number of rotatable bonds is 8. The highest BCUT2D eigenvalue weighted by molar-refractivity contribution is 7.89. The summed E-state index contributed by atoms with van der Waals surface area (Å²) in [4.78, 5) is 34.3. The molecule has 0 fully saturated rings. The molecule has 0 heterocycles. The first kappa shape index (κ1) is 21.2. The quantitative estimate of drug-likeness (QED) is 0.505. The van der Waals surface area contributed by atoms with Gasteiger partial charge < -0.3 is 10.1 Å². The molecule has 0 bridgehead atoms. The predicted molar refractivity (Wildman–Crippen MR) is 97.6 cm³/mol. The summed E-state index contributed by atoms with van der Waals surface area (Å²) in [7, 11) is -3.99. The van der Waals surface area contributed by atoms with Crippen LogP contribution in [-0.2, 0) is 24.3 Å². The van der Waals surface area contributed by atoms with Gasteiger partial charge in [0.1, 0.15) is 12.4 Å². The smallest absolute Gasteiger partial charge is 0.321 e. The lowest BCUT2D eigenvalue weighted by Crippen LogP contribution is -2.31. The van der Waals surface area contributed by atoms with Gasteiger partial charge in [0.25, 0.3) is 0 Å². The standard InChI is InChI=1S/C18H17FN2O6S/c1-12(22)21-15-5-7-16(8-6-15)28(25,26)20-10-18(24)27-11-17(23)13-3-2-4-14(19)9-13/h2-9,20H,10-11H2,1H3,(H,21,22). The SMILES string of the molecule is CC(=O)Nc1ccc(S(=O)(=O)NCC(=O)OCC(=O)c2cccc(F)c2)cc1. The van der Waals surface area contributed by atoms with E-state index in [1.54, 1.807) is 0 Å². The Bertz CT molecular complexity index is 989. The number of carbonyl (C=O) groups excluding carboxylic acids is 3. The molecule has 2 aromatic carbocycles. The number of Topliss-reactive ketones (excluding diaryl/α,β-unsaturated/α-hetero) is 1.